The molecule has 0 bridgehead atoms. The quantitative estimate of drug-likeness (QED) is 0.722. The fourth-order valence-electron chi connectivity index (χ4n) is 3.11. The van der Waals surface area contributed by atoms with Crippen molar-refractivity contribution in [3.05, 3.63) is 59.4 Å². The highest BCUT2D eigenvalue weighted by molar-refractivity contribution is 5.99. The number of nitrogens with zero attached hydrogens (tertiary/aromatic N) is 1. The molecule has 5 nitrogen and oxygen atoms in total. The van der Waals surface area contributed by atoms with Crippen molar-refractivity contribution in [3.8, 4) is 17.2 Å². The third kappa shape index (κ3) is 3.98. The Kier molecular flexibility index (Phi) is 5.93. The first-order chi connectivity index (χ1) is 13.4. The molecule has 0 aromatic heterocycles. The van der Waals surface area contributed by atoms with Crippen LogP contribution < -0.4 is 14.2 Å². The molecule has 0 radical (unpaired) electrons. The van der Waals surface area contributed by atoms with Gasteiger partial charge in [0.1, 0.15) is 5.75 Å². The average molecular weight is 381 g/mol. The number of fused-ring (bicyclic) bond motifs is 1. The molecule has 2 aromatic carbocycles. The van der Waals surface area contributed by atoms with E-state index in [9.17, 15) is 4.79 Å². The predicted octanol–water partition coefficient (Wildman–Crippen LogP) is 4.79. The summed E-state index contributed by atoms with van der Waals surface area (Å²) in [6, 6.07) is 13.2. The largest absolute Gasteiger partial charge is 0.491 e. The van der Waals surface area contributed by atoms with Crippen LogP contribution in [-0.2, 0) is 4.79 Å². The van der Waals surface area contributed by atoms with E-state index >= 15 is 0 Å². The van der Waals surface area contributed by atoms with E-state index in [2.05, 4.69) is 0 Å². The van der Waals surface area contributed by atoms with Crippen LogP contribution in [0.25, 0.3) is 5.76 Å². The average Bonchev–Trinajstić information content (AvgIpc) is 2.67. The van der Waals surface area contributed by atoms with Crippen LogP contribution in [0.2, 0.25) is 0 Å². The molecule has 1 amide bonds. The number of benzene rings is 2. The smallest absolute Gasteiger partial charge is 0.293 e. The van der Waals surface area contributed by atoms with Gasteiger partial charge in [-0.05, 0) is 52.3 Å². The highest BCUT2D eigenvalue weighted by atomic mass is 16.6. The van der Waals surface area contributed by atoms with Crippen LogP contribution in [-0.4, -0.2) is 30.0 Å². The van der Waals surface area contributed by atoms with Crippen molar-refractivity contribution in [2.75, 3.05) is 13.1 Å². The Balaban J connectivity index is 2.08. The van der Waals surface area contributed by atoms with Crippen LogP contribution in [0.5, 0.6) is 17.2 Å². The van der Waals surface area contributed by atoms with E-state index in [-0.39, 0.29) is 17.8 Å². The minimum Gasteiger partial charge on any atom is -0.491 e. The molecule has 1 aliphatic rings. The Labute approximate surface area is 166 Å². The van der Waals surface area contributed by atoms with Gasteiger partial charge in [0.2, 0.25) is 5.76 Å². The van der Waals surface area contributed by atoms with E-state index in [1.165, 1.54) is 0 Å². The van der Waals surface area contributed by atoms with Crippen molar-refractivity contribution >= 4 is 11.7 Å². The first-order valence-electron chi connectivity index (χ1n) is 9.70. The number of amides is 1. The lowest BCUT2D eigenvalue weighted by Crippen LogP contribution is -2.35. The minimum absolute atomic E-state index is 0.0498. The number of carbonyl (C=O) groups excluding carboxylic acids is 1. The lowest BCUT2D eigenvalue weighted by Gasteiger charge is -2.27. The SMILES string of the molecule is CCN(CC)C(=O)C1=C(c2ccccc2C)Oc2cc(OC(C)C)ccc2O1. The van der Waals surface area contributed by atoms with Crippen LogP contribution in [0.4, 0.5) is 0 Å². The zero-order valence-corrected chi connectivity index (χ0v) is 17.1. The standard InChI is InChI=1S/C23H27NO4/c1-6-24(7-2)23(25)22-21(18-11-9-8-10-16(18)5)28-20-14-17(26-15(3)4)12-13-19(20)27-22/h8-15H,6-7H2,1-5H3. The molecule has 0 unspecified atom stereocenters. The molecule has 148 valence electrons. The summed E-state index contributed by atoms with van der Waals surface area (Å²) in [6.45, 7) is 11.0. The maximum atomic E-state index is 13.1. The molecule has 0 saturated carbocycles. The lowest BCUT2D eigenvalue weighted by molar-refractivity contribution is -0.129. The zero-order chi connectivity index (χ0) is 20.3. The molecule has 0 saturated heterocycles. The summed E-state index contributed by atoms with van der Waals surface area (Å²) in [6.07, 6.45) is 0.0498. The maximum absolute atomic E-state index is 13.1. The van der Waals surface area contributed by atoms with Gasteiger partial charge in [-0.3, -0.25) is 4.79 Å². The third-order valence-electron chi connectivity index (χ3n) is 4.55. The highest BCUT2D eigenvalue weighted by Gasteiger charge is 2.31. The summed E-state index contributed by atoms with van der Waals surface area (Å²) in [5.41, 5.74) is 1.84. The predicted molar refractivity (Wildman–Crippen MR) is 109 cm³/mol. The van der Waals surface area contributed by atoms with Crippen LogP contribution in [0.1, 0.15) is 38.8 Å². The van der Waals surface area contributed by atoms with Gasteiger partial charge in [-0.1, -0.05) is 24.3 Å². The summed E-state index contributed by atoms with van der Waals surface area (Å²) in [5, 5.41) is 0. The molecule has 0 spiro atoms. The Morgan fingerprint density at radius 3 is 2.39 bits per heavy atom. The maximum Gasteiger partial charge on any atom is 0.293 e. The third-order valence-corrected chi connectivity index (χ3v) is 4.55. The first-order valence-corrected chi connectivity index (χ1v) is 9.70. The second-order valence-corrected chi connectivity index (χ2v) is 6.93. The topological polar surface area (TPSA) is 48.0 Å². The molecule has 0 N–H and O–H groups in total. The van der Waals surface area contributed by atoms with Crippen LogP contribution >= 0.6 is 0 Å². The summed E-state index contributed by atoms with van der Waals surface area (Å²) in [5.74, 6) is 2.19. The molecule has 1 aliphatic heterocycles. The van der Waals surface area contributed by atoms with Crippen molar-refractivity contribution in [2.45, 2.75) is 40.7 Å². The number of ether oxygens (including phenoxy) is 3. The van der Waals surface area contributed by atoms with Gasteiger partial charge in [-0.2, -0.15) is 0 Å². The van der Waals surface area contributed by atoms with Crippen molar-refractivity contribution in [2.24, 2.45) is 0 Å². The molecular formula is C23H27NO4. The minimum atomic E-state index is -0.184. The zero-order valence-electron chi connectivity index (χ0n) is 17.1. The van der Waals surface area contributed by atoms with Gasteiger partial charge in [0, 0.05) is 24.7 Å². The monoisotopic (exact) mass is 381 g/mol. The van der Waals surface area contributed by atoms with Gasteiger partial charge in [-0.15, -0.1) is 0 Å². The lowest BCUT2D eigenvalue weighted by atomic mass is 10.1. The van der Waals surface area contributed by atoms with Gasteiger partial charge in [-0.25, -0.2) is 0 Å². The summed E-state index contributed by atoms with van der Waals surface area (Å²) < 4.78 is 18.1. The Morgan fingerprint density at radius 2 is 1.75 bits per heavy atom. The van der Waals surface area contributed by atoms with Gasteiger partial charge in [0.05, 0.1) is 6.10 Å². The fourth-order valence-corrected chi connectivity index (χ4v) is 3.11. The molecule has 0 fully saturated rings. The molecule has 1 heterocycles. The summed E-state index contributed by atoms with van der Waals surface area (Å²) in [4.78, 5) is 14.8. The van der Waals surface area contributed by atoms with E-state index in [1.807, 2.05) is 65.0 Å². The fraction of sp³-hybridized carbons (Fsp3) is 0.348. The number of likely N-dealkylation sites (N-methyl/N-ethyl adjacent to an activating group) is 1. The summed E-state index contributed by atoms with van der Waals surface area (Å²) >= 11 is 0. The number of rotatable bonds is 6. The Morgan fingerprint density at radius 1 is 1.04 bits per heavy atom. The van der Waals surface area contributed by atoms with Crippen LogP contribution in [0.3, 0.4) is 0 Å². The first kappa shape index (κ1) is 19.8. The van der Waals surface area contributed by atoms with Crippen molar-refractivity contribution in [1.29, 1.82) is 0 Å². The van der Waals surface area contributed by atoms with E-state index in [0.717, 1.165) is 11.1 Å². The van der Waals surface area contributed by atoms with Gasteiger partial charge < -0.3 is 19.1 Å². The Hall–Kier alpha value is -2.95. The molecule has 2 aromatic rings. The number of hydrogen-bond acceptors (Lipinski definition) is 4. The molecule has 0 aliphatic carbocycles. The number of aryl methyl sites for hydroxylation is 1. The van der Waals surface area contributed by atoms with E-state index in [0.29, 0.717) is 36.1 Å². The van der Waals surface area contributed by atoms with E-state index in [4.69, 9.17) is 14.2 Å². The van der Waals surface area contributed by atoms with E-state index < -0.39 is 0 Å². The summed E-state index contributed by atoms with van der Waals surface area (Å²) in [7, 11) is 0. The molecule has 3 rings (SSSR count). The molecule has 28 heavy (non-hydrogen) atoms. The number of hydrogen-bond donors (Lipinski definition) is 0. The van der Waals surface area contributed by atoms with Gasteiger partial charge >= 0.3 is 0 Å². The second-order valence-electron chi connectivity index (χ2n) is 6.93. The van der Waals surface area contributed by atoms with Gasteiger partial charge in [0.15, 0.2) is 17.3 Å². The van der Waals surface area contributed by atoms with Crippen molar-refractivity contribution in [3.63, 3.8) is 0 Å². The van der Waals surface area contributed by atoms with Crippen LogP contribution in [0.15, 0.2) is 48.2 Å². The molecular weight excluding hydrogens is 354 g/mol. The van der Waals surface area contributed by atoms with E-state index in [1.54, 1.807) is 17.0 Å². The van der Waals surface area contributed by atoms with Crippen molar-refractivity contribution in [1.82, 2.24) is 4.90 Å². The molecule has 0 atom stereocenters. The highest BCUT2D eigenvalue weighted by Crippen LogP contribution is 2.41. The Bertz CT molecular complexity index is 897. The second kappa shape index (κ2) is 8.38. The number of carbonyl (C=O) groups is 1. The van der Waals surface area contributed by atoms with Crippen LogP contribution in [0, 0.1) is 6.92 Å². The van der Waals surface area contributed by atoms with Crippen molar-refractivity contribution < 1.29 is 19.0 Å². The molecule has 5 heteroatoms. The normalized spacial score (nSPS) is 12.9. The van der Waals surface area contributed by atoms with Gasteiger partial charge in [0.25, 0.3) is 5.91 Å².